The average Bonchev–Trinajstić information content (AvgIpc) is 3.48. The highest BCUT2D eigenvalue weighted by Crippen LogP contribution is 2.36. The van der Waals surface area contributed by atoms with Gasteiger partial charge in [-0.1, -0.05) is 43.3 Å². The van der Waals surface area contributed by atoms with Crippen LogP contribution in [0.1, 0.15) is 70.9 Å². The molecule has 1 heterocycles. The normalized spacial score (nSPS) is 21.7. The van der Waals surface area contributed by atoms with E-state index >= 15 is 0 Å². The van der Waals surface area contributed by atoms with Crippen LogP contribution in [0.4, 0.5) is 5.69 Å². The van der Waals surface area contributed by atoms with Crippen molar-refractivity contribution in [2.24, 2.45) is 5.92 Å². The number of nitrogens with one attached hydrogen (secondary N) is 1. The van der Waals surface area contributed by atoms with Crippen LogP contribution in [-0.4, -0.2) is 42.3 Å². The van der Waals surface area contributed by atoms with Crippen molar-refractivity contribution in [1.29, 1.82) is 0 Å². The van der Waals surface area contributed by atoms with Gasteiger partial charge in [-0.25, -0.2) is 9.69 Å². The van der Waals surface area contributed by atoms with Crippen molar-refractivity contribution in [1.82, 2.24) is 5.32 Å². The SMILES string of the molecule is CC1CCC(NC2CC(=O)N(c3ccc(C(=O)OCC(=O)c4ccc5c(c4)Cc4ccccc4-5)cc3)C2=O)CC1. The van der Waals surface area contributed by atoms with Crippen LogP contribution >= 0.6 is 0 Å². The molecule has 1 saturated carbocycles. The van der Waals surface area contributed by atoms with Gasteiger partial charge in [-0.15, -0.1) is 0 Å². The second kappa shape index (κ2) is 10.8. The second-order valence-corrected chi connectivity index (χ2v) is 11.2. The lowest BCUT2D eigenvalue weighted by atomic mass is 9.87. The molecular weight excluding hydrogens is 504 g/mol. The van der Waals surface area contributed by atoms with Crippen molar-refractivity contribution < 1.29 is 23.9 Å². The summed E-state index contributed by atoms with van der Waals surface area (Å²) in [4.78, 5) is 52.3. The smallest absolute Gasteiger partial charge is 0.338 e. The van der Waals surface area contributed by atoms with Crippen LogP contribution in [0.2, 0.25) is 0 Å². The molecule has 0 bridgehead atoms. The fraction of sp³-hybridized carbons (Fsp3) is 0.333. The molecule has 0 spiro atoms. The molecule has 0 radical (unpaired) electrons. The number of hydrogen-bond donors (Lipinski definition) is 1. The minimum absolute atomic E-state index is 0.131. The average molecular weight is 537 g/mol. The second-order valence-electron chi connectivity index (χ2n) is 11.2. The van der Waals surface area contributed by atoms with Gasteiger partial charge in [0.15, 0.2) is 12.4 Å². The lowest BCUT2D eigenvalue weighted by Crippen LogP contribution is -2.45. The third-order valence-electron chi connectivity index (χ3n) is 8.41. The summed E-state index contributed by atoms with van der Waals surface area (Å²) in [6.45, 7) is 1.87. The molecule has 1 atom stereocenters. The first-order chi connectivity index (χ1) is 19.4. The summed E-state index contributed by atoms with van der Waals surface area (Å²) in [5.41, 5.74) is 5.81. The minimum Gasteiger partial charge on any atom is -0.454 e. The number of nitrogens with zero attached hydrogens (tertiary/aromatic N) is 1. The maximum absolute atomic E-state index is 13.0. The molecule has 3 aromatic carbocycles. The zero-order chi connectivity index (χ0) is 27.8. The van der Waals surface area contributed by atoms with Gasteiger partial charge in [-0.2, -0.15) is 0 Å². The summed E-state index contributed by atoms with van der Waals surface area (Å²) >= 11 is 0. The largest absolute Gasteiger partial charge is 0.454 e. The number of imide groups is 1. The summed E-state index contributed by atoms with van der Waals surface area (Å²) in [6.07, 6.45) is 5.18. The number of Topliss-reactive ketones (excluding diaryl/α,β-unsaturated/α-hetero) is 1. The first-order valence-electron chi connectivity index (χ1n) is 14.0. The number of esters is 1. The summed E-state index contributed by atoms with van der Waals surface area (Å²) in [5, 5.41) is 3.39. The van der Waals surface area contributed by atoms with Gasteiger partial charge >= 0.3 is 5.97 Å². The number of carbonyl (C=O) groups is 4. The number of ketones is 1. The summed E-state index contributed by atoms with van der Waals surface area (Å²) in [7, 11) is 0. The maximum Gasteiger partial charge on any atom is 0.338 e. The van der Waals surface area contributed by atoms with E-state index in [1.54, 1.807) is 18.2 Å². The van der Waals surface area contributed by atoms with E-state index in [0.717, 1.165) is 43.2 Å². The first kappa shape index (κ1) is 26.1. The van der Waals surface area contributed by atoms with Crippen LogP contribution in [-0.2, 0) is 20.7 Å². The molecule has 0 aromatic heterocycles. The van der Waals surface area contributed by atoms with Crippen LogP contribution in [0.15, 0.2) is 66.7 Å². The topological polar surface area (TPSA) is 92.8 Å². The monoisotopic (exact) mass is 536 g/mol. The molecule has 7 nitrogen and oxygen atoms in total. The van der Waals surface area contributed by atoms with Gasteiger partial charge in [-0.3, -0.25) is 14.4 Å². The summed E-state index contributed by atoms with van der Waals surface area (Å²) < 4.78 is 5.30. The van der Waals surface area contributed by atoms with Gasteiger partial charge in [0, 0.05) is 11.6 Å². The number of anilines is 1. The lowest BCUT2D eigenvalue weighted by Gasteiger charge is -2.28. The van der Waals surface area contributed by atoms with Crippen LogP contribution in [0.5, 0.6) is 0 Å². The van der Waals surface area contributed by atoms with Gasteiger partial charge in [0.1, 0.15) is 0 Å². The third-order valence-corrected chi connectivity index (χ3v) is 8.41. The van der Waals surface area contributed by atoms with Crippen molar-refractivity contribution in [2.45, 2.75) is 57.5 Å². The number of hydrogen-bond acceptors (Lipinski definition) is 6. The fourth-order valence-electron chi connectivity index (χ4n) is 6.11. The molecule has 2 fully saturated rings. The van der Waals surface area contributed by atoms with Crippen molar-refractivity contribution >= 4 is 29.3 Å². The first-order valence-corrected chi connectivity index (χ1v) is 14.0. The summed E-state index contributed by atoms with van der Waals surface area (Å²) in [6, 6.07) is 19.7. The Hall–Kier alpha value is -4.10. The number of carbonyl (C=O) groups excluding carboxylic acids is 4. The Balaban J connectivity index is 1.04. The highest BCUT2D eigenvalue weighted by atomic mass is 16.5. The number of rotatable bonds is 7. The van der Waals surface area contributed by atoms with Gasteiger partial charge in [-0.05, 0) is 90.6 Å². The standard InChI is InChI=1S/C33H32N2O5/c1-20-6-11-25(12-7-20)34-29-18-31(37)35(32(29)38)26-13-8-21(9-14-26)33(39)40-19-30(36)23-10-15-28-24(17-23)16-22-4-2-3-5-27(22)28/h2-5,8-10,13-15,17,20,25,29,34H,6-7,11-12,16,18-19H2,1H3. The number of amides is 2. The Labute approximate surface area is 233 Å². The molecule has 1 unspecified atom stereocenters. The van der Waals surface area contributed by atoms with Crippen molar-refractivity contribution in [3.8, 4) is 11.1 Å². The molecule has 2 amide bonds. The van der Waals surface area contributed by atoms with E-state index in [1.165, 1.54) is 28.2 Å². The summed E-state index contributed by atoms with van der Waals surface area (Å²) in [5.74, 6) is -0.732. The highest BCUT2D eigenvalue weighted by Gasteiger charge is 2.40. The predicted octanol–water partition coefficient (Wildman–Crippen LogP) is 5.10. The Kier molecular flexibility index (Phi) is 7.07. The minimum atomic E-state index is -0.640. The van der Waals surface area contributed by atoms with E-state index in [4.69, 9.17) is 4.74 Å². The van der Waals surface area contributed by atoms with Crippen LogP contribution in [0.3, 0.4) is 0 Å². The van der Waals surface area contributed by atoms with Gasteiger partial charge < -0.3 is 10.1 Å². The molecule has 40 heavy (non-hydrogen) atoms. The number of ether oxygens (including phenoxy) is 1. The van der Waals surface area contributed by atoms with E-state index in [0.29, 0.717) is 17.2 Å². The van der Waals surface area contributed by atoms with Crippen LogP contribution in [0, 0.1) is 5.92 Å². The molecule has 2 aliphatic carbocycles. The zero-order valence-corrected chi connectivity index (χ0v) is 22.5. The van der Waals surface area contributed by atoms with Crippen LogP contribution in [0.25, 0.3) is 11.1 Å². The molecular formula is C33H32N2O5. The Morgan fingerprint density at radius 3 is 2.35 bits per heavy atom. The van der Waals surface area contributed by atoms with E-state index in [-0.39, 0.29) is 42.2 Å². The lowest BCUT2D eigenvalue weighted by molar-refractivity contribution is -0.121. The quantitative estimate of drug-likeness (QED) is 0.201. The third kappa shape index (κ3) is 5.09. The van der Waals surface area contributed by atoms with Crippen molar-refractivity contribution in [3.05, 3.63) is 89.0 Å². The molecule has 7 heteroatoms. The Morgan fingerprint density at radius 2 is 1.57 bits per heavy atom. The molecule has 1 N–H and O–H groups in total. The van der Waals surface area contributed by atoms with E-state index in [2.05, 4.69) is 24.4 Å². The van der Waals surface area contributed by atoms with E-state index < -0.39 is 12.0 Å². The molecule has 204 valence electrons. The zero-order valence-electron chi connectivity index (χ0n) is 22.5. The van der Waals surface area contributed by atoms with Crippen LogP contribution < -0.4 is 10.2 Å². The fourth-order valence-corrected chi connectivity index (χ4v) is 6.11. The number of fused-ring (bicyclic) bond motifs is 3. The molecule has 3 aliphatic rings. The van der Waals surface area contributed by atoms with Crippen molar-refractivity contribution in [2.75, 3.05) is 11.5 Å². The highest BCUT2D eigenvalue weighted by molar-refractivity contribution is 6.22. The maximum atomic E-state index is 13.0. The Bertz CT molecular complexity index is 1490. The Morgan fingerprint density at radius 1 is 0.875 bits per heavy atom. The molecule has 1 saturated heterocycles. The molecule has 6 rings (SSSR count). The van der Waals surface area contributed by atoms with E-state index in [9.17, 15) is 19.2 Å². The van der Waals surface area contributed by atoms with Gasteiger partial charge in [0.2, 0.25) is 5.91 Å². The predicted molar refractivity (Wildman–Crippen MR) is 151 cm³/mol. The van der Waals surface area contributed by atoms with Gasteiger partial charge in [0.25, 0.3) is 5.91 Å². The molecule has 1 aliphatic heterocycles. The van der Waals surface area contributed by atoms with Gasteiger partial charge in [0.05, 0.1) is 23.7 Å². The van der Waals surface area contributed by atoms with E-state index in [1.807, 2.05) is 24.3 Å². The molecule has 3 aromatic rings. The number of benzene rings is 3. The van der Waals surface area contributed by atoms with Crippen molar-refractivity contribution in [3.63, 3.8) is 0 Å².